The minimum absolute atomic E-state index is 0.0114. The number of hydrogen-bond acceptors (Lipinski definition) is 5. The molecule has 116 valence electrons. The molecule has 2 aromatic rings. The Morgan fingerprint density at radius 1 is 1.35 bits per heavy atom. The molecule has 7 nitrogen and oxygen atoms in total. The lowest BCUT2D eigenvalue weighted by atomic mass is 9.99. The van der Waals surface area contributed by atoms with Crippen LogP contribution in [0, 0.1) is 11.3 Å². The zero-order chi connectivity index (χ0) is 15.8. The molecule has 0 unspecified atom stereocenters. The first-order valence-electron chi connectivity index (χ1n) is 7.56. The average Bonchev–Trinajstić information content (AvgIpc) is 3.10. The Morgan fingerprint density at radius 2 is 2.17 bits per heavy atom. The van der Waals surface area contributed by atoms with E-state index in [1.165, 1.54) is 0 Å². The number of amides is 1. The lowest BCUT2D eigenvalue weighted by Crippen LogP contribution is -2.49. The van der Waals surface area contributed by atoms with E-state index in [2.05, 4.69) is 16.4 Å². The van der Waals surface area contributed by atoms with E-state index in [-0.39, 0.29) is 18.1 Å². The maximum atomic E-state index is 12.7. The first-order chi connectivity index (χ1) is 11.3. The monoisotopic (exact) mass is 309 g/mol. The van der Waals surface area contributed by atoms with Crippen LogP contribution in [0.1, 0.15) is 34.1 Å². The van der Waals surface area contributed by atoms with Crippen LogP contribution in [0.2, 0.25) is 0 Å². The zero-order valence-electron chi connectivity index (χ0n) is 12.4. The molecule has 0 saturated carbocycles. The van der Waals surface area contributed by atoms with Crippen LogP contribution in [-0.4, -0.2) is 45.0 Å². The summed E-state index contributed by atoms with van der Waals surface area (Å²) in [4.78, 5) is 14.5. The van der Waals surface area contributed by atoms with E-state index in [0.29, 0.717) is 30.8 Å². The number of hydrogen-bond donors (Lipinski definition) is 0. The van der Waals surface area contributed by atoms with Gasteiger partial charge >= 0.3 is 0 Å². The van der Waals surface area contributed by atoms with Gasteiger partial charge in [0.25, 0.3) is 5.91 Å². The Balaban J connectivity index is 1.55. The van der Waals surface area contributed by atoms with Crippen molar-refractivity contribution in [3.63, 3.8) is 0 Å². The molecule has 2 aliphatic heterocycles. The van der Waals surface area contributed by atoms with E-state index < -0.39 is 0 Å². The molecule has 23 heavy (non-hydrogen) atoms. The Morgan fingerprint density at radius 3 is 2.96 bits per heavy atom. The molecule has 0 aliphatic carbocycles. The standard InChI is InChI=1S/C16H15N5O2/c17-7-11-1-3-12(4-2-11)16(22)20-6-5-15-14(9-20)21-13(10-23-15)8-18-19-21/h1-4,8,14-15H,5-6,9-10H2/t14-,15-/m1/s1. The highest BCUT2D eigenvalue weighted by atomic mass is 16.5. The molecule has 0 bridgehead atoms. The van der Waals surface area contributed by atoms with Crippen molar-refractivity contribution in [3.05, 3.63) is 47.3 Å². The lowest BCUT2D eigenvalue weighted by Gasteiger charge is -2.41. The van der Waals surface area contributed by atoms with Gasteiger partial charge in [0.05, 0.1) is 42.3 Å². The van der Waals surface area contributed by atoms with Crippen molar-refractivity contribution < 1.29 is 9.53 Å². The predicted octanol–water partition coefficient (Wildman–Crippen LogP) is 1.14. The van der Waals surface area contributed by atoms with Crippen LogP contribution in [0.3, 0.4) is 0 Å². The molecule has 0 N–H and O–H groups in total. The highest BCUT2D eigenvalue weighted by Crippen LogP contribution is 2.30. The third kappa shape index (κ3) is 2.37. The summed E-state index contributed by atoms with van der Waals surface area (Å²) in [6, 6.07) is 8.80. The Hall–Kier alpha value is -2.72. The van der Waals surface area contributed by atoms with Crippen molar-refractivity contribution in [1.29, 1.82) is 5.26 Å². The van der Waals surface area contributed by atoms with Gasteiger partial charge in [0.2, 0.25) is 0 Å². The number of piperidine rings is 1. The van der Waals surface area contributed by atoms with Gasteiger partial charge in [0.15, 0.2) is 0 Å². The molecule has 7 heteroatoms. The molecule has 1 aromatic carbocycles. The van der Waals surface area contributed by atoms with Crippen LogP contribution in [0.25, 0.3) is 0 Å². The van der Waals surface area contributed by atoms with E-state index in [0.717, 1.165) is 12.1 Å². The van der Waals surface area contributed by atoms with E-state index in [4.69, 9.17) is 10.00 Å². The van der Waals surface area contributed by atoms with Gasteiger partial charge in [-0.2, -0.15) is 5.26 Å². The quantitative estimate of drug-likeness (QED) is 0.788. The van der Waals surface area contributed by atoms with Gasteiger partial charge < -0.3 is 9.64 Å². The van der Waals surface area contributed by atoms with Crippen LogP contribution in [0.5, 0.6) is 0 Å². The molecule has 2 atom stereocenters. The van der Waals surface area contributed by atoms with Gasteiger partial charge in [-0.05, 0) is 30.7 Å². The van der Waals surface area contributed by atoms with Crippen LogP contribution in [-0.2, 0) is 11.3 Å². The maximum absolute atomic E-state index is 12.7. The summed E-state index contributed by atoms with van der Waals surface area (Å²) in [5.41, 5.74) is 2.09. The van der Waals surface area contributed by atoms with E-state index in [1.54, 1.807) is 30.5 Å². The predicted molar refractivity (Wildman–Crippen MR) is 79.3 cm³/mol. The van der Waals surface area contributed by atoms with Crippen LogP contribution in [0.15, 0.2) is 30.5 Å². The zero-order valence-corrected chi connectivity index (χ0v) is 12.4. The molecular formula is C16H15N5O2. The third-order valence-corrected chi connectivity index (χ3v) is 4.48. The minimum atomic E-state index is -0.0276. The number of nitrogens with zero attached hydrogens (tertiary/aromatic N) is 5. The van der Waals surface area contributed by atoms with Gasteiger partial charge in [-0.1, -0.05) is 5.21 Å². The Bertz CT molecular complexity index is 777. The lowest BCUT2D eigenvalue weighted by molar-refractivity contribution is -0.0605. The molecular weight excluding hydrogens is 294 g/mol. The second-order valence-electron chi connectivity index (χ2n) is 5.82. The van der Waals surface area contributed by atoms with Gasteiger partial charge in [0, 0.05) is 18.7 Å². The van der Waals surface area contributed by atoms with Gasteiger partial charge in [-0.15, -0.1) is 5.10 Å². The molecule has 1 saturated heterocycles. The van der Waals surface area contributed by atoms with Crippen LogP contribution < -0.4 is 0 Å². The molecule has 1 amide bonds. The summed E-state index contributed by atoms with van der Waals surface area (Å²) in [6.45, 7) is 1.74. The molecule has 3 heterocycles. The summed E-state index contributed by atoms with van der Waals surface area (Å²) < 4.78 is 7.74. The van der Waals surface area contributed by atoms with Gasteiger partial charge in [-0.25, -0.2) is 4.68 Å². The summed E-state index contributed by atoms with van der Waals surface area (Å²) in [7, 11) is 0. The largest absolute Gasteiger partial charge is 0.370 e. The number of nitriles is 1. The number of carbonyl (C=O) groups excluding carboxylic acids is 1. The van der Waals surface area contributed by atoms with E-state index in [1.807, 2.05) is 9.58 Å². The topological polar surface area (TPSA) is 84.0 Å². The van der Waals surface area contributed by atoms with Crippen molar-refractivity contribution in [2.45, 2.75) is 25.2 Å². The molecule has 0 spiro atoms. The summed E-state index contributed by atoms with van der Waals surface area (Å²) in [5.74, 6) is -0.0276. The molecule has 1 aromatic heterocycles. The Kier molecular flexibility index (Phi) is 3.32. The number of likely N-dealkylation sites (tertiary alicyclic amines) is 1. The number of benzene rings is 1. The summed E-state index contributed by atoms with van der Waals surface area (Å²) >= 11 is 0. The molecule has 4 rings (SSSR count). The van der Waals surface area contributed by atoms with Crippen molar-refractivity contribution in [1.82, 2.24) is 19.9 Å². The summed E-state index contributed by atoms with van der Waals surface area (Å²) in [5, 5.41) is 16.9. The molecule has 2 aliphatic rings. The van der Waals surface area contributed by atoms with Crippen molar-refractivity contribution in [2.24, 2.45) is 0 Å². The van der Waals surface area contributed by atoms with Gasteiger partial charge in [0.1, 0.15) is 0 Å². The second kappa shape index (κ2) is 5.48. The van der Waals surface area contributed by atoms with E-state index in [9.17, 15) is 4.79 Å². The molecule has 0 radical (unpaired) electrons. The fourth-order valence-corrected chi connectivity index (χ4v) is 3.23. The van der Waals surface area contributed by atoms with Crippen molar-refractivity contribution in [2.75, 3.05) is 13.1 Å². The normalized spacial score (nSPS) is 22.8. The van der Waals surface area contributed by atoms with Crippen LogP contribution in [0.4, 0.5) is 0 Å². The smallest absolute Gasteiger partial charge is 0.253 e. The average molecular weight is 309 g/mol. The second-order valence-corrected chi connectivity index (χ2v) is 5.82. The SMILES string of the molecule is N#Cc1ccc(C(=O)N2CC[C@H]3OCc4cnnn4[C@@H]3C2)cc1. The van der Waals surface area contributed by atoms with E-state index >= 15 is 0 Å². The van der Waals surface area contributed by atoms with Crippen LogP contribution >= 0.6 is 0 Å². The third-order valence-electron chi connectivity index (χ3n) is 4.48. The maximum Gasteiger partial charge on any atom is 0.253 e. The van der Waals surface area contributed by atoms with Crippen molar-refractivity contribution >= 4 is 5.91 Å². The number of ether oxygens (including phenoxy) is 1. The number of fused-ring (bicyclic) bond motifs is 3. The molecule has 1 fully saturated rings. The highest BCUT2D eigenvalue weighted by molar-refractivity contribution is 5.94. The summed E-state index contributed by atoms with van der Waals surface area (Å²) in [6.07, 6.45) is 2.57. The number of carbonyl (C=O) groups is 1. The fraction of sp³-hybridized carbons (Fsp3) is 0.375. The number of aromatic nitrogens is 3. The fourth-order valence-electron chi connectivity index (χ4n) is 3.23. The number of rotatable bonds is 1. The Labute approximate surface area is 133 Å². The van der Waals surface area contributed by atoms with Gasteiger partial charge in [-0.3, -0.25) is 4.79 Å². The minimum Gasteiger partial charge on any atom is -0.370 e. The van der Waals surface area contributed by atoms with Crippen molar-refractivity contribution in [3.8, 4) is 6.07 Å². The first kappa shape index (κ1) is 13.9. The first-order valence-corrected chi connectivity index (χ1v) is 7.56. The highest BCUT2D eigenvalue weighted by Gasteiger charge is 2.37.